The molecule has 1 saturated carbocycles. The third kappa shape index (κ3) is 7.26. The van der Waals surface area contributed by atoms with Gasteiger partial charge in [0.25, 0.3) is 0 Å². The average Bonchev–Trinajstić information content (AvgIpc) is 2.90. The van der Waals surface area contributed by atoms with Gasteiger partial charge in [0.2, 0.25) is 5.95 Å². The molecule has 204 valence electrons. The molecule has 0 saturated heterocycles. The summed E-state index contributed by atoms with van der Waals surface area (Å²) in [5, 5.41) is 7.93. The number of aromatic nitrogens is 2. The van der Waals surface area contributed by atoms with Gasteiger partial charge >= 0.3 is 6.18 Å². The van der Waals surface area contributed by atoms with Crippen molar-refractivity contribution in [2.75, 3.05) is 37.4 Å². The predicted molar refractivity (Wildman–Crippen MR) is 144 cm³/mol. The Morgan fingerprint density at radius 2 is 1.76 bits per heavy atom. The number of halogens is 3. The Labute approximate surface area is 220 Å². The Kier molecular flexibility index (Phi) is 8.90. The molecular weight excluding hydrogens is 495 g/mol. The number of anilines is 2. The Balaban J connectivity index is 1.25. The van der Waals surface area contributed by atoms with Crippen LogP contribution in [0.2, 0.25) is 0 Å². The number of hydrazine groups is 1. The van der Waals surface area contributed by atoms with Crippen LogP contribution in [-0.4, -0.2) is 43.2 Å². The van der Waals surface area contributed by atoms with Gasteiger partial charge in [-0.05, 0) is 68.0 Å². The Morgan fingerprint density at radius 3 is 2.42 bits per heavy atom. The fraction of sp³-hybridized carbons (Fsp3) is 0.407. The average molecular weight is 530 g/mol. The lowest BCUT2D eigenvalue weighted by Gasteiger charge is -2.29. The van der Waals surface area contributed by atoms with Crippen LogP contribution in [-0.2, 0) is 6.18 Å². The van der Waals surface area contributed by atoms with Crippen molar-refractivity contribution in [3.05, 3.63) is 66.1 Å². The van der Waals surface area contributed by atoms with E-state index in [2.05, 4.69) is 21.0 Å². The van der Waals surface area contributed by atoms with E-state index in [0.717, 1.165) is 61.1 Å². The second kappa shape index (κ2) is 12.3. The maximum atomic E-state index is 12.8. The summed E-state index contributed by atoms with van der Waals surface area (Å²) in [5.74, 6) is 8.26. The molecular formula is C27H34F3N7O. The largest absolute Gasteiger partial charge is 0.459 e. The topological polar surface area (TPSA) is 100 Å². The smallest absolute Gasteiger partial charge is 0.416 e. The first-order chi connectivity index (χ1) is 18.2. The number of nitrogens with zero attached hydrogens (tertiary/aromatic N) is 3. The van der Waals surface area contributed by atoms with E-state index < -0.39 is 11.7 Å². The normalized spacial score (nSPS) is 18.3. The summed E-state index contributed by atoms with van der Waals surface area (Å²) in [6.07, 6.45) is 1.20. The van der Waals surface area contributed by atoms with Gasteiger partial charge in [-0.2, -0.15) is 18.2 Å². The minimum atomic E-state index is -4.39. The summed E-state index contributed by atoms with van der Waals surface area (Å²) >= 11 is 0. The van der Waals surface area contributed by atoms with E-state index in [1.807, 2.05) is 43.3 Å². The lowest BCUT2D eigenvalue weighted by atomic mass is 9.86. The zero-order valence-corrected chi connectivity index (χ0v) is 21.6. The fourth-order valence-corrected chi connectivity index (χ4v) is 4.60. The molecule has 0 spiro atoms. The van der Waals surface area contributed by atoms with Crippen LogP contribution in [0.1, 0.15) is 31.2 Å². The second-order valence-corrected chi connectivity index (χ2v) is 9.66. The Hall–Kier alpha value is -3.57. The molecule has 0 aliphatic heterocycles. The minimum absolute atomic E-state index is 0.306. The van der Waals surface area contributed by atoms with Gasteiger partial charge in [0.1, 0.15) is 17.3 Å². The number of rotatable bonds is 10. The quantitative estimate of drug-likeness (QED) is 0.171. The van der Waals surface area contributed by atoms with Crippen LogP contribution < -0.4 is 31.5 Å². The first-order valence-corrected chi connectivity index (χ1v) is 12.6. The Bertz CT molecular complexity index is 1220. The van der Waals surface area contributed by atoms with Gasteiger partial charge in [0, 0.05) is 32.1 Å². The molecule has 1 heterocycles. The number of nitrogens with one attached hydrogen (secondary N) is 3. The molecule has 2 aromatic carbocycles. The first-order valence-electron chi connectivity index (χ1n) is 12.6. The Morgan fingerprint density at radius 1 is 1.05 bits per heavy atom. The third-order valence-electron chi connectivity index (χ3n) is 6.64. The zero-order chi connectivity index (χ0) is 27.1. The van der Waals surface area contributed by atoms with Crippen LogP contribution in [0.5, 0.6) is 5.75 Å². The van der Waals surface area contributed by atoms with Crippen molar-refractivity contribution in [3.8, 4) is 5.75 Å². The zero-order valence-electron chi connectivity index (χ0n) is 21.6. The highest BCUT2D eigenvalue weighted by atomic mass is 19.4. The summed E-state index contributed by atoms with van der Waals surface area (Å²) < 4.78 is 44.1. The van der Waals surface area contributed by atoms with E-state index in [1.54, 1.807) is 0 Å². The fourth-order valence-electron chi connectivity index (χ4n) is 4.60. The van der Waals surface area contributed by atoms with E-state index >= 15 is 0 Å². The molecule has 8 nitrogen and oxygen atoms in total. The van der Waals surface area contributed by atoms with E-state index in [9.17, 15) is 13.2 Å². The number of para-hydroxylation sites is 1. The van der Waals surface area contributed by atoms with Crippen molar-refractivity contribution in [1.82, 2.24) is 20.7 Å². The molecule has 1 aliphatic carbocycles. The molecule has 1 aromatic heterocycles. The molecule has 0 unspecified atom stereocenters. The van der Waals surface area contributed by atoms with E-state index in [-0.39, 0.29) is 0 Å². The van der Waals surface area contributed by atoms with Crippen LogP contribution in [0.15, 0.2) is 60.5 Å². The predicted octanol–water partition coefficient (Wildman–Crippen LogP) is 4.66. The van der Waals surface area contributed by atoms with Crippen molar-refractivity contribution >= 4 is 22.7 Å². The number of nitrogens with two attached hydrogens (primary N) is 1. The molecule has 4 rings (SSSR count). The van der Waals surface area contributed by atoms with Crippen molar-refractivity contribution in [2.45, 2.75) is 37.9 Å². The SMILES string of the molecule is CN(C)c1nc(NCC2CCC(NC/C(=C/NN)Oc3ccc(C(F)(F)F)cc3)CC2)nc2ccccc12. The monoisotopic (exact) mass is 529 g/mol. The highest BCUT2D eigenvalue weighted by Crippen LogP contribution is 2.31. The van der Waals surface area contributed by atoms with E-state index in [4.69, 9.17) is 15.6 Å². The molecule has 11 heteroatoms. The number of hydrogen-bond acceptors (Lipinski definition) is 8. The summed E-state index contributed by atoms with van der Waals surface area (Å²) in [5.41, 5.74) is 2.64. The van der Waals surface area contributed by atoms with Crippen molar-refractivity contribution in [3.63, 3.8) is 0 Å². The number of fused-ring (bicyclic) bond motifs is 1. The van der Waals surface area contributed by atoms with Gasteiger partial charge in [-0.15, -0.1) is 0 Å². The highest BCUT2D eigenvalue weighted by Gasteiger charge is 2.30. The van der Waals surface area contributed by atoms with Crippen LogP contribution in [0.4, 0.5) is 24.9 Å². The number of alkyl halides is 3. The summed E-state index contributed by atoms with van der Waals surface area (Å²) in [6, 6.07) is 12.9. The molecule has 0 amide bonds. The summed E-state index contributed by atoms with van der Waals surface area (Å²) in [7, 11) is 3.96. The standard InChI is InChI=1S/C27H34F3N7O/c1-37(2)25-23-5-3-4-6-24(23)35-26(36-25)33-15-18-7-11-20(12-8-18)32-16-22(17-34-31)38-21-13-9-19(10-14-21)27(28,29)30/h3-6,9-10,13-14,17-18,20,32,34H,7-8,11-12,15-16,31H2,1-2H3,(H,33,35,36)/b22-17-. The number of benzene rings is 2. The first kappa shape index (κ1) is 27.5. The van der Waals surface area contributed by atoms with Crippen LogP contribution >= 0.6 is 0 Å². The van der Waals surface area contributed by atoms with Gasteiger partial charge < -0.3 is 25.7 Å². The molecule has 0 bridgehead atoms. The van der Waals surface area contributed by atoms with E-state index in [1.165, 1.54) is 18.3 Å². The molecule has 0 radical (unpaired) electrons. The van der Waals surface area contributed by atoms with Gasteiger partial charge in [0.15, 0.2) is 0 Å². The number of hydrogen-bond donors (Lipinski definition) is 4. The summed E-state index contributed by atoms with van der Waals surface area (Å²) in [6.45, 7) is 1.20. The third-order valence-corrected chi connectivity index (χ3v) is 6.64. The van der Waals surface area contributed by atoms with Gasteiger partial charge in [-0.25, -0.2) is 4.98 Å². The summed E-state index contributed by atoms with van der Waals surface area (Å²) in [4.78, 5) is 11.4. The second-order valence-electron chi connectivity index (χ2n) is 9.66. The van der Waals surface area contributed by atoms with Crippen LogP contribution in [0, 0.1) is 5.92 Å². The van der Waals surface area contributed by atoms with E-state index in [0.29, 0.717) is 36.0 Å². The minimum Gasteiger partial charge on any atom is -0.459 e. The maximum Gasteiger partial charge on any atom is 0.416 e. The van der Waals surface area contributed by atoms with Crippen molar-refractivity contribution in [2.24, 2.45) is 11.8 Å². The lowest BCUT2D eigenvalue weighted by Crippen LogP contribution is -2.36. The molecule has 1 fully saturated rings. The lowest BCUT2D eigenvalue weighted by molar-refractivity contribution is -0.137. The molecule has 1 aliphatic rings. The van der Waals surface area contributed by atoms with Crippen LogP contribution in [0.25, 0.3) is 10.9 Å². The molecule has 3 aromatic rings. The van der Waals surface area contributed by atoms with Crippen molar-refractivity contribution < 1.29 is 17.9 Å². The van der Waals surface area contributed by atoms with Crippen molar-refractivity contribution in [1.29, 1.82) is 0 Å². The molecule has 5 N–H and O–H groups in total. The molecule has 0 atom stereocenters. The van der Waals surface area contributed by atoms with Gasteiger partial charge in [0.05, 0.1) is 23.8 Å². The van der Waals surface area contributed by atoms with Crippen LogP contribution in [0.3, 0.4) is 0 Å². The molecule has 38 heavy (non-hydrogen) atoms. The highest BCUT2D eigenvalue weighted by molar-refractivity contribution is 5.90. The van der Waals surface area contributed by atoms with Gasteiger partial charge in [-0.1, -0.05) is 12.1 Å². The van der Waals surface area contributed by atoms with Gasteiger partial charge in [-0.3, -0.25) is 5.84 Å². The number of ether oxygens (including phenoxy) is 1. The maximum absolute atomic E-state index is 12.8.